The molecule has 2 heterocycles. The van der Waals surface area contributed by atoms with E-state index in [-0.39, 0.29) is 12.3 Å². The van der Waals surface area contributed by atoms with Gasteiger partial charge in [-0.1, -0.05) is 17.7 Å². The fraction of sp³-hybridized carbons (Fsp3) is 0.167. The number of amides is 1. The maximum Gasteiger partial charge on any atom is 0.230 e. The predicted molar refractivity (Wildman–Crippen MR) is 99.2 cm³/mol. The van der Waals surface area contributed by atoms with E-state index in [9.17, 15) is 4.79 Å². The zero-order chi connectivity index (χ0) is 17.6. The number of hydrogen-bond donors (Lipinski definition) is 1. The maximum atomic E-state index is 12.1. The van der Waals surface area contributed by atoms with Gasteiger partial charge in [0.1, 0.15) is 17.4 Å². The van der Waals surface area contributed by atoms with Gasteiger partial charge in [0.05, 0.1) is 18.3 Å². The Kier molecular flexibility index (Phi) is 5.63. The van der Waals surface area contributed by atoms with Crippen molar-refractivity contribution in [2.75, 3.05) is 5.32 Å². The van der Waals surface area contributed by atoms with Gasteiger partial charge >= 0.3 is 0 Å². The van der Waals surface area contributed by atoms with Gasteiger partial charge in [0.2, 0.25) is 5.91 Å². The number of nitrogens with one attached hydrogen (secondary N) is 1. The first-order chi connectivity index (χ1) is 12.1. The molecule has 0 radical (unpaired) electrons. The van der Waals surface area contributed by atoms with Crippen LogP contribution in [0.15, 0.2) is 48.0 Å². The van der Waals surface area contributed by atoms with Crippen molar-refractivity contribution in [3.8, 4) is 5.75 Å². The summed E-state index contributed by atoms with van der Waals surface area (Å²) in [6, 6.07) is 10.8. The number of carbonyl (C=O) groups excluding carboxylic acids is 1. The van der Waals surface area contributed by atoms with E-state index >= 15 is 0 Å². The van der Waals surface area contributed by atoms with Gasteiger partial charge in [-0.25, -0.2) is 4.98 Å². The average molecular weight is 374 g/mol. The van der Waals surface area contributed by atoms with Crippen LogP contribution < -0.4 is 10.1 Å². The first-order valence-corrected chi connectivity index (χ1v) is 8.88. The molecule has 2 aromatic heterocycles. The van der Waals surface area contributed by atoms with E-state index in [1.165, 1.54) is 11.3 Å². The summed E-state index contributed by atoms with van der Waals surface area (Å²) in [4.78, 5) is 20.7. The van der Waals surface area contributed by atoms with Crippen LogP contribution in [0.25, 0.3) is 0 Å². The van der Waals surface area contributed by atoms with Crippen molar-refractivity contribution >= 4 is 34.5 Å². The number of pyridine rings is 1. The molecule has 0 saturated carbocycles. The average Bonchev–Trinajstić information content (AvgIpc) is 3.01. The zero-order valence-electron chi connectivity index (χ0n) is 13.5. The summed E-state index contributed by atoms with van der Waals surface area (Å²) in [6.07, 6.45) is 1.89. The second-order valence-electron chi connectivity index (χ2n) is 5.39. The highest BCUT2D eigenvalue weighted by atomic mass is 35.5. The topological polar surface area (TPSA) is 64.1 Å². The Balaban J connectivity index is 1.52. The minimum absolute atomic E-state index is 0.136. The van der Waals surface area contributed by atoms with E-state index < -0.39 is 0 Å². The van der Waals surface area contributed by atoms with Gasteiger partial charge in [-0.05, 0) is 37.3 Å². The molecule has 1 amide bonds. The van der Waals surface area contributed by atoms with E-state index in [1.54, 1.807) is 30.5 Å². The Labute approximate surface area is 154 Å². The van der Waals surface area contributed by atoms with Gasteiger partial charge in [0.15, 0.2) is 0 Å². The summed E-state index contributed by atoms with van der Waals surface area (Å²) < 4.78 is 5.64. The lowest BCUT2D eigenvalue weighted by molar-refractivity contribution is -0.115. The Morgan fingerprint density at radius 3 is 2.96 bits per heavy atom. The Hall–Kier alpha value is -2.44. The standard InChI is InChI=1S/C18H16ClN3O2S/c1-12-5-6-16(9-20-12)24-10-18-22-15(11-25-18)8-17(23)21-14-4-2-3-13(19)7-14/h2-7,9,11H,8,10H2,1H3,(H,21,23). The van der Waals surface area contributed by atoms with Crippen LogP contribution in [0, 0.1) is 6.92 Å². The molecule has 0 bridgehead atoms. The van der Waals surface area contributed by atoms with Crippen molar-refractivity contribution in [3.05, 3.63) is 69.4 Å². The maximum absolute atomic E-state index is 12.1. The van der Waals surface area contributed by atoms with Gasteiger partial charge in [-0.2, -0.15) is 0 Å². The summed E-state index contributed by atoms with van der Waals surface area (Å²) in [5.74, 6) is 0.559. The number of benzene rings is 1. The highest BCUT2D eigenvalue weighted by Crippen LogP contribution is 2.17. The molecule has 0 saturated heterocycles. The molecule has 0 atom stereocenters. The third-order valence-corrected chi connectivity index (χ3v) is 4.40. The molecule has 0 unspecified atom stereocenters. The number of anilines is 1. The van der Waals surface area contributed by atoms with Crippen LogP contribution in [0.5, 0.6) is 5.75 Å². The largest absolute Gasteiger partial charge is 0.485 e. The van der Waals surface area contributed by atoms with Crippen molar-refractivity contribution in [2.45, 2.75) is 20.0 Å². The van der Waals surface area contributed by atoms with Crippen LogP contribution in [0.2, 0.25) is 5.02 Å². The van der Waals surface area contributed by atoms with Gasteiger partial charge in [-0.3, -0.25) is 9.78 Å². The normalized spacial score (nSPS) is 10.5. The molecule has 7 heteroatoms. The number of thiazole rings is 1. The highest BCUT2D eigenvalue weighted by Gasteiger charge is 2.09. The monoisotopic (exact) mass is 373 g/mol. The molecule has 3 rings (SSSR count). The van der Waals surface area contributed by atoms with Crippen LogP contribution in [0.1, 0.15) is 16.4 Å². The Morgan fingerprint density at radius 1 is 1.32 bits per heavy atom. The summed E-state index contributed by atoms with van der Waals surface area (Å²) >= 11 is 7.37. The first kappa shape index (κ1) is 17.4. The van der Waals surface area contributed by atoms with E-state index in [0.29, 0.717) is 28.8 Å². The lowest BCUT2D eigenvalue weighted by Crippen LogP contribution is -2.14. The van der Waals surface area contributed by atoms with E-state index in [1.807, 2.05) is 24.4 Å². The minimum Gasteiger partial charge on any atom is -0.485 e. The van der Waals surface area contributed by atoms with Crippen LogP contribution in [0.4, 0.5) is 5.69 Å². The number of nitrogens with zero attached hydrogens (tertiary/aromatic N) is 2. The van der Waals surface area contributed by atoms with Gasteiger partial charge in [0, 0.05) is 21.8 Å². The molecule has 0 spiro atoms. The summed E-state index contributed by atoms with van der Waals surface area (Å²) in [6.45, 7) is 2.27. The summed E-state index contributed by atoms with van der Waals surface area (Å²) in [5, 5.41) is 6.06. The number of halogens is 1. The molecular formula is C18H16ClN3O2S. The molecule has 0 aliphatic carbocycles. The van der Waals surface area contributed by atoms with Gasteiger partial charge < -0.3 is 10.1 Å². The molecule has 25 heavy (non-hydrogen) atoms. The molecule has 128 valence electrons. The number of hydrogen-bond acceptors (Lipinski definition) is 5. The van der Waals surface area contributed by atoms with Crippen molar-refractivity contribution in [1.29, 1.82) is 0 Å². The summed E-state index contributed by atoms with van der Waals surface area (Å²) in [7, 11) is 0. The molecule has 1 aromatic carbocycles. The number of rotatable bonds is 6. The Morgan fingerprint density at radius 2 is 2.20 bits per heavy atom. The second kappa shape index (κ2) is 8.09. The molecule has 0 fully saturated rings. The fourth-order valence-electron chi connectivity index (χ4n) is 2.12. The van der Waals surface area contributed by atoms with E-state index in [2.05, 4.69) is 15.3 Å². The highest BCUT2D eigenvalue weighted by molar-refractivity contribution is 7.09. The number of aromatic nitrogens is 2. The minimum atomic E-state index is -0.136. The van der Waals surface area contributed by atoms with Gasteiger partial charge in [-0.15, -0.1) is 11.3 Å². The molecule has 0 aliphatic heterocycles. The number of ether oxygens (including phenoxy) is 1. The lowest BCUT2D eigenvalue weighted by Gasteiger charge is -2.04. The fourth-order valence-corrected chi connectivity index (χ4v) is 3.01. The van der Waals surface area contributed by atoms with Crippen molar-refractivity contribution < 1.29 is 9.53 Å². The molecule has 1 N–H and O–H groups in total. The summed E-state index contributed by atoms with van der Waals surface area (Å²) in [5.41, 5.74) is 2.32. The second-order valence-corrected chi connectivity index (χ2v) is 6.77. The third-order valence-electron chi connectivity index (χ3n) is 3.30. The third kappa shape index (κ3) is 5.27. The van der Waals surface area contributed by atoms with Crippen LogP contribution in [0.3, 0.4) is 0 Å². The van der Waals surface area contributed by atoms with E-state index in [4.69, 9.17) is 16.3 Å². The van der Waals surface area contributed by atoms with Crippen molar-refractivity contribution in [3.63, 3.8) is 0 Å². The van der Waals surface area contributed by atoms with Gasteiger partial charge in [0.25, 0.3) is 0 Å². The lowest BCUT2D eigenvalue weighted by atomic mass is 10.3. The number of aryl methyl sites for hydroxylation is 1. The smallest absolute Gasteiger partial charge is 0.230 e. The first-order valence-electron chi connectivity index (χ1n) is 7.62. The zero-order valence-corrected chi connectivity index (χ0v) is 15.1. The molecule has 5 nitrogen and oxygen atoms in total. The molecule has 0 aliphatic rings. The van der Waals surface area contributed by atoms with Crippen molar-refractivity contribution in [1.82, 2.24) is 9.97 Å². The number of carbonyl (C=O) groups is 1. The quantitative estimate of drug-likeness (QED) is 0.701. The van der Waals surface area contributed by atoms with Crippen LogP contribution >= 0.6 is 22.9 Å². The molecular weight excluding hydrogens is 358 g/mol. The predicted octanol–water partition coefficient (Wildman–Crippen LogP) is 4.26. The van der Waals surface area contributed by atoms with E-state index in [0.717, 1.165) is 10.7 Å². The SMILES string of the molecule is Cc1ccc(OCc2nc(CC(=O)Nc3cccc(Cl)c3)cs2)cn1. The van der Waals surface area contributed by atoms with Crippen LogP contribution in [-0.4, -0.2) is 15.9 Å². The van der Waals surface area contributed by atoms with Crippen molar-refractivity contribution in [2.24, 2.45) is 0 Å². The molecule has 3 aromatic rings. The Bertz CT molecular complexity index is 865. The van der Waals surface area contributed by atoms with Crippen LogP contribution in [-0.2, 0) is 17.8 Å².